The SMILES string of the molecule is O=S(=O)(Cl)c1cnn(Cc2ccn(C3CCCCC3)n2)c1. The molecule has 2 aromatic rings. The van der Waals surface area contributed by atoms with E-state index >= 15 is 0 Å². The Balaban J connectivity index is 1.71. The minimum absolute atomic E-state index is 0.0101. The van der Waals surface area contributed by atoms with Crippen molar-refractivity contribution in [3.8, 4) is 0 Å². The lowest BCUT2D eigenvalue weighted by Gasteiger charge is -2.21. The van der Waals surface area contributed by atoms with Crippen LogP contribution in [0.1, 0.15) is 43.8 Å². The van der Waals surface area contributed by atoms with Crippen LogP contribution in [0.15, 0.2) is 29.6 Å². The number of rotatable bonds is 4. The molecule has 0 bridgehead atoms. The Labute approximate surface area is 128 Å². The third kappa shape index (κ3) is 3.47. The third-order valence-corrected chi connectivity index (χ3v) is 5.14. The van der Waals surface area contributed by atoms with E-state index in [4.69, 9.17) is 10.7 Å². The summed E-state index contributed by atoms with van der Waals surface area (Å²) in [7, 11) is 1.56. The van der Waals surface area contributed by atoms with Gasteiger partial charge in [-0.25, -0.2) is 8.42 Å². The molecule has 6 nitrogen and oxygen atoms in total. The molecular weight excluding hydrogens is 312 g/mol. The van der Waals surface area contributed by atoms with Gasteiger partial charge in [0.25, 0.3) is 9.05 Å². The van der Waals surface area contributed by atoms with Crippen molar-refractivity contribution in [1.29, 1.82) is 0 Å². The van der Waals surface area contributed by atoms with Crippen molar-refractivity contribution in [1.82, 2.24) is 19.6 Å². The van der Waals surface area contributed by atoms with Gasteiger partial charge in [0.15, 0.2) is 0 Å². The zero-order chi connectivity index (χ0) is 14.9. The maximum atomic E-state index is 11.2. The Kier molecular flexibility index (Phi) is 4.03. The Bertz CT molecular complexity index is 716. The smallest absolute Gasteiger partial charge is 0.264 e. The maximum Gasteiger partial charge on any atom is 0.264 e. The van der Waals surface area contributed by atoms with Gasteiger partial charge in [-0.1, -0.05) is 19.3 Å². The van der Waals surface area contributed by atoms with Crippen LogP contribution >= 0.6 is 10.7 Å². The fourth-order valence-electron chi connectivity index (χ4n) is 2.73. The largest absolute Gasteiger partial charge is 0.269 e. The van der Waals surface area contributed by atoms with Crippen molar-refractivity contribution in [2.24, 2.45) is 0 Å². The topological polar surface area (TPSA) is 69.8 Å². The van der Waals surface area contributed by atoms with Gasteiger partial charge in [-0.3, -0.25) is 9.36 Å². The van der Waals surface area contributed by atoms with Crippen LogP contribution < -0.4 is 0 Å². The molecule has 1 fully saturated rings. The number of halogens is 1. The molecular formula is C13H17ClN4O2S. The summed E-state index contributed by atoms with van der Waals surface area (Å²) >= 11 is 0. The van der Waals surface area contributed by atoms with Crippen molar-refractivity contribution in [3.05, 3.63) is 30.4 Å². The van der Waals surface area contributed by atoms with Crippen molar-refractivity contribution in [2.45, 2.75) is 49.6 Å². The van der Waals surface area contributed by atoms with Gasteiger partial charge in [0.1, 0.15) is 4.90 Å². The standard InChI is InChI=1S/C13H17ClN4O2S/c14-21(19,20)13-8-15-17(10-13)9-11-6-7-18(16-11)12-4-2-1-3-5-12/h6-8,10,12H,1-5,9H2. The fraction of sp³-hybridized carbons (Fsp3) is 0.538. The van der Waals surface area contributed by atoms with Gasteiger partial charge in [0, 0.05) is 23.1 Å². The summed E-state index contributed by atoms with van der Waals surface area (Å²) in [6, 6.07) is 2.44. The zero-order valence-corrected chi connectivity index (χ0v) is 13.1. The first-order valence-corrected chi connectivity index (χ1v) is 9.34. The molecule has 3 rings (SSSR count). The highest BCUT2D eigenvalue weighted by Gasteiger charge is 2.17. The first-order chi connectivity index (χ1) is 10.0. The van der Waals surface area contributed by atoms with E-state index in [0.717, 1.165) is 5.69 Å². The van der Waals surface area contributed by atoms with E-state index in [1.807, 2.05) is 16.9 Å². The van der Waals surface area contributed by atoms with Crippen molar-refractivity contribution < 1.29 is 8.42 Å². The molecule has 21 heavy (non-hydrogen) atoms. The normalized spacial score (nSPS) is 17.2. The number of hydrogen-bond acceptors (Lipinski definition) is 4. The van der Waals surface area contributed by atoms with E-state index in [1.165, 1.54) is 49.2 Å². The zero-order valence-electron chi connectivity index (χ0n) is 11.5. The molecule has 2 heterocycles. The van der Waals surface area contributed by atoms with E-state index < -0.39 is 9.05 Å². The van der Waals surface area contributed by atoms with Crippen LogP contribution in [0.2, 0.25) is 0 Å². The minimum Gasteiger partial charge on any atom is -0.269 e. The molecule has 0 N–H and O–H groups in total. The average Bonchev–Trinajstić information content (AvgIpc) is 3.09. The van der Waals surface area contributed by atoms with Crippen molar-refractivity contribution >= 4 is 19.7 Å². The molecule has 0 radical (unpaired) electrons. The van der Waals surface area contributed by atoms with E-state index in [-0.39, 0.29) is 4.90 Å². The van der Waals surface area contributed by atoms with Crippen LogP contribution in [-0.2, 0) is 15.6 Å². The van der Waals surface area contributed by atoms with E-state index in [9.17, 15) is 8.42 Å². The lowest BCUT2D eigenvalue weighted by molar-refractivity contribution is 0.327. The van der Waals surface area contributed by atoms with Crippen LogP contribution in [0.25, 0.3) is 0 Å². The number of nitrogens with zero attached hydrogens (tertiary/aromatic N) is 4. The monoisotopic (exact) mass is 328 g/mol. The summed E-state index contributed by atoms with van der Waals surface area (Å²) in [5.74, 6) is 0. The first-order valence-electron chi connectivity index (χ1n) is 7.03. The quantitative estimate of drug-likeness (QED) is 0.809. The molecule has 0 amide bonds. The third-order valence-electron chi connectivity index (χ3n) is 3.83. The highest BCUT2D eigenvalue weighted by molar-refractivity contribution is 8.13. The number of aromatic nitrogens is 4. The molecule has 0 unspecified atom stereocenters. The Morgan fingerprint density at radius 2 is 2.05 bits per heavy atom. The molecule has 114 valence electrons. The first kappa shape index (κ1) is 14.6. The second-order valence-corrected chi connectivity index (χ2v) is 7.96. The summed E-state index contributed by atoms with van der Waals surface area (Å²) in [4.78, 5) is 0.0101. The van der Waals surface area contributed by atoms with Crippen LogP contribution in [0.4, 0.5) is 0 Å². The molecule has 0 aromatic carbocycles. The Hall–Kier alpha value is -1.34. The van der Waals surface area contributed by atoms with Crippen LogP contribution in [0, 0.1) is 0 Å². The highest BCUT2D eigenvalue weighted by atomic mass is 35.7. The van der Waals surface area contributed by atoms with Crippen LogP contribution in [0.3, 0.4) is 0 Å². The van der Waals surface area contributed by atoms with Crippen molar-refractivity contribution in [3.63, 3.8) is 0 Å². The summed E-state index contributed by atoms with van der Waals surface area (Å²) < 4.78 is 26.0. The van der Waals surface area contributed by atoms with Gasteiger partial charge >= 0.3 is 0 Å². The second-order valence-electron chi connectivity index (χ2n) is 5.39. The maximum absolute atomic E-state index is 11.2. The summed E-state index contributed by atoms with van der Waals surface area (Å²) in [6.45, 7) is 0.437. The highest BCUT2D eigenvalue weighted by Crippen LogP contribution is 2.27. The van der Waals surface area contributed by atoms with Gasteiger partial charge in [0.05, 0.1) is 24.5 Å². The molecule has 0 saturated heterocycles. The van der Waals surface area contributed by atoms with Crippen LogP contribution in [-0.4, -0.2) is 28.0 Å². The molecule has 1 aliphatic carbocycles. The molecule has 8 heteroatoms. The van der Waals surface area contributed by atoms with E-state index in [2.05, 4.69) is 10.2 Å². The van der Waals surface area contributed by atoms with Crippen LogP contribution in [0.5, 0.6) is 0 Å². The Morgan fingerprint density at radius 3 is 2.71 bits per heavy atom. The molecule has 0 spiro atoms. The van der Waals surface area contributed by atoms with Gasteiger partial charge in [-0.15, -0.1) is 0 Å². The summed E-state index contributed by atoms with van der Waals surface area (Å²) in [5.41, 5.74) is 0.863. The lowest BCUT2D eigenvalue weighted by atomic mass is 9.96. The lowest BCUT2D eigenvalue weighted by Crippen LogP contribution is -2.13. The van der Waals surface area contributed by atoms with Gasteiger partial charge < -0.3 is 0 Å². The summed E-state index contributed by atoms with van der Waals surface area (Å²) in [6.07, 6.45) is 10.9. The predicted molar refractivity (Wildman–Crippen MR) is 78.7 cm³/mol. The fourth-order valence-corrected chi connectivity index (χ4v) is 3.39. The molecule has 0 atom stereocenters. The predicted octanol–water partition coefficient (Wildman–Crippen LogP) is 2.56. The minimum atomic E-state index is -3.72. The van der Waals surface area contributed by atoms with Gasteiger partial charge in [0.2, 0.25) is 0 Å². The van der Waals surface area contributed by atoms with Crippen molar-refractivity contribution in [2.75, 3.05) is 0 Å². The van der Waals surface area contributed by atoms with E-state index in [1.54, 1.807) is 0 Å². The second kappa shape index (κ2) is 5.81. The molecule has 2 aromatic heterocycles. The molecule has 1 aliphatic rings. The average molecular weight is 329 g/mol. The number of hydrogen-bond donors (Lipinski definition) is 0. The van der Waals surface area contributed by atoms with E-state index in [0.29, 0.717) is 12.6 Å². The van der Waals surface area contributed by atoms with Gasteiger partial charge in [-0.05, 0) is 18.9 Å². The molecule has 0 aliphatic heterocycles. The molecule has 1 saturated carbocycles. The Morgan fingerprint density at radius 1 is 1.29 bits per heavy atom. The van der Waals surface area contributed by atoms with Gasteiger partial charge in [-0.2, -0.15) is 10.2 Å². The summed E-state index contributed by atoms with van der Waals surface area (Å²) in [5, 5.41) is 8.58.